The average molecular weight is 284 g/mol. The van der Waals surface area contributed by atoms with E-state index in [1.807, 2.05) is 6.92 Å². The number of amides is 1. The maximum Gasteiger partial charge on any atom is 0.326 e. The number of hydrogen-bond acceptors (Lipinski definition) is 4. The molecule has 114 valence electrons. The van der Waals surface area contributed by atoms with Gasteiger partial charge in [0.25, 0.3) is 0 Å². The van der Waals surface area contributed by atoms with Crippen molar-refractivity contribution in [3.63, 3.8) is 0 Å². The molecule has 0 radical (unpaired) electrons. The molecular weight excluding hydrogens is 260 g/mol. The first-order valence-electron chi connectivity index (χ1n) is 7.31. The largest absolute Gasteiger partial charge is 0.480 e. The Bertz CT molecular complexity index is 391. The first kappa shape index (κ1) is 15.3. The summed E-state index contributed by atoms with van der Waals surface area (Å²) in [5, 5.41) is 18.8. The minimum absolute atomic E-state index is 0.122. The molecule has 0 spiro atoms. The summed E-state index contributed by atoms with van der Waals surface area (Å²) in [4.78, 5) is 27.3. The zero-order chi connectivity index (χ0) is 15.0. The first-order valence-corrected chi connectivity index (χ1v) is 7.31. The zero-order valence-electron chi connectivity index (χ0n) is 12.3. The van der Waals surface area contributed by atoms with Gasteiger partial charge in [-0.3, -0.25) is 9.69 Å². The van der Waals surface area contributed by atoms with Gasteiger partial charge in [0.1, 0.15) is 6.04 Å². The Morgan fingerprint density at radius 1 is 1.20 bits per heavy atom. The number of aliphatic carboxylic acids is 1. The Balaban J connectivity index is 2.11. The van der Waals surface area contributed by atoms with Crippen molar-refractivity contribution in [2.24, 2.45) is 0 Å². The van der Waals surface area contributed by atoms with Gasteiger partial charge in [-0.2, -0.15) is 0 Å². The number of aliphatic hydroxyl groups excluding tert-OH is 1. The zero-order valence-corrected chi connectivity index (χ0v) is 12.3. The Morgan fingerprint density at radius 3 is 2.25 bits per heavy atom. The lowest BCUT2D eigenvalue weighted by molar-refractivity contribution is -0.150. The van der Waals surface area contributed by atoms with Crippen molar-refractivity contribution >= 4 is 11.9 Å². The van der Waals surface area contributed by atoms with Gasteiger partial charge >= 0.3 is 5.97 Å². The highest BCUT2D eigenvalue weighted by molar-refractivity contribution is 5.87. The molecule has 6 nitrogen and oxygen atoms in total. The minimum Gasteiger partial charge on any atom is -0.480 e. The second-order valence-electron chi connectivity index (χ2n) is 6.13. The molecular formula is C14H24N2O4. The van der Waals surface area contributed by atoms with Crippen LogP contribution in [0.15, 0.2) is 0 Å². The summed E-state index contributed by atoms with van der Waals surface area (Å²) in [6.45, 7) is 6.16. The maximum atomic E-state index is 12.6. The molecule has 0 aromatic carbocycles. The number of carboxylic acids is 1. The van der Waals surface area contributed by atoms with Crippen LogP contribution in [0.3, 0.4) is 0 Å². The van der Waals surface area contributed by atoms with Crippen LogP contribution >= 0.6 is 0 Å². The standard InChI is InChI=1S/C14H24N2O4/c1-8-4-5-9(2)16(8)10(3)13(18)15-7-11(17)6-12(15)14(19)20/h8-12,17H,4-7H2,1-3H3,(H,19,20)/t8?,9?,10?,11?,12-/m0/s1. The van der Waals surface area contributed by atoms with Crippen molar-refractivity contribution in [1.29, 1.82) is 0 Å². The van der Waals surface area contributed by atoms with Crippen molar-refractivity contribution in [3.05, 3.63) is 0 Å². The average Bonchev–Trinajstić information content (AvgIpc) is 2.91. The van der Waals surface area contributed by atoms with Crippen LogP contribution in [0.2, 0.25) is 0 Å². The molecule has 2 heterocycles. The molecule has 2 aliphatic heterocycles. The van der Waals surface area contributed by atoms with E-state index < -0.39 is 18.1 Å². The van der Waals surface area contributed by atoms with Crippen molar-refractivity contribution in [2.45, 2.75) is 70.3 Å². The number of aliphatic hydroxyl groups is 1. The number of nitrogens with zero attached hydrogens (tertiary/aromatic N) is 2. The molecule has 2 aliphatic rings. The van der Waals surface area contributed by atoms with E-state index in [2.05, 4.69) is 18.7 Å². The van der Waals surface area contributed by atoms with Crippen LogP contribution in [0.5, 0.6) is 0 Å². The predicted octanol–water partition coefficient (Wildman–Crippen LogP) is 0.294. The number of rotatable bonds is 3. The number of likely N-dealkylation sites (tertiary alicyclic amines) is 2. The molecule has 2 fully saturated rings. The molecule has 0 aromatic heterocycles. The second kappa shape index (κ2) is 5.69. The Kier molecular flexibility index (Phi) is 4.34. The number of carbonyl (C=O) groups is 2. The van der Waals surface area contributed by atoms with Crippen LogP contribution in [0.4, 0.5) is 0 Å². The van der Waals surface area contributed by atoms with E-state index in [0.29, 0.717) is 12.1 Å². The molecule has 4 unspecified atom stereocenters. The van der Waals surface area contributed by atoms with Crippen molar-refractivity contribution < 1.29 is 19.8 Å². The Morgan fingerprint density at radius 2 is 1.75 bits per heavy atom. The first-order chi connectivity index (χ1) is 9.32. The summed E-state index contributed by atoms with van der Waals surface area (Å²) >= 11 is 0. The molecule has 0 saturated carbocycles. The van der Waals surface area contributed by atoms with E-state index in [-0.39, 0.29) is 24.9 Å². The lowest BCUT2D eigenvalue weighted by Gasteiger charge is -2.35. The van der Waals surface area contributed by atoms with E-state index in [4.69, 9.17) is 0 Å². The van der Waals surface area contributed by atoms with Gasteiger partial charge in [0, 0.05) is 25.0 Å². The molecule has 0 aliphatic carbocycles. The van der Waals surface area contributed by atoms with Gasteiger partial charge in [-0.15, -0.1) is 0 Å². The summed E-state index contributed by atoms with van der Waals surface area (Å²) in [6, 6.07) is -0.567. The van der Waals surface area contributed by atoms with Gasteiger partial charge in [0.05, 0.1) is 12.1 Å². The minimum atomic E-state index is -1.04. The fourth-order valence-electron chi connectivity index (χ4n) is 3.64. The molecule has 2 rings (SSSR count). The maximum absolute atomic E-state index is 12.6. The van der Waals surface area contributed by atoms with E-state index in [1.165, 1.54) is 4.90 Å². The van der Waals surface area contributed by atoms with Gasteiger partial charge in [-0.25, -0.2) is 4.79 Å². The fraction of sp³-hybridized carbons (Fsp3) is 0.857. The van der Waals surface area contributed by atoms with Crippen LogP contribution in [-0.4, -0.2) is 68.7 Å². The number of hydrogen-bond donors (Lipinski definition) is 2. The summed E-state index contributed by atoms with van der Waals surface area (Å²) < 4.78 is 0. The second-order valence-corrected chi connectivity index (χ2v) is 6.13. The van der Waals surface area contributed by atoms with E-state index in [0.717, 1.165) is 12.8 Å². The smallest absolute Gasteiger partial charge is 0.326 e. The van der Waals surface area contributed by atoms with Gasteiger partial charge in [0.15, 0.2) is 0 Å². The quantitative estimate of drug-likeness (QED) is 0.779. The van der Waals surface area contributed by atoms with Gasteiger partial charge < -0.3 is 15.1 Å². The van der Waals surface area contributed by atoms with Crippen molar-refractivity contribution in [1.82, 2.24) is 9.80 Å². The molecule has 0 bridgehead atoms. The topological polar surface area (TPSA) is 81.1 Å². The van der Waals surface area contributed by atoms with E-state index >= 15 is 0 Å². The molecule has 1 amide bonds. The van der Waals surface area contributed by atoms with Crippen LogP contribution in [-0.2, 0) is 9.59 Å². The summed E-state index contributed by atoms with van der Waals surface area (Å²) in [6.07, 6.45) is 1.51. The van der Waals surface area contributed by atoms with Gasteiger partial charge in [0.2, 0.25) is 5.91 Å². The lowest BCUT2D eigenvalue weighted by atomic mass is 10.1. The third-order valence-electron chi connectivity index (χ3n) is 4.67. The fourth-order valence-corrected chi connectivity index (χ4v) is 3.64. The van der Waals surface area contributed by atoms with E-state index in [9.17, 15) is 19.8 Å². The molecule has 20 heavy (non-hydrogen) atoms. The highest BCUT2D eigenvalue weighted by Crippen LogP contribution is 2.28. The third-order valence-corrected chi connectivity index (χ3v) is 4.67. The number of carboxylic acid groups (broad SMARTS) is 1. The third kappa shape index (κ3) is 2.67. The molecule has 6 heteroatoms. The molecule has 0 aromatic rings. The predicted molar refractivity (Wildman–Crippen MR) is 73.2 cm³/mol. The molecule has 5 atom stereocenters. The Hall–Kier alpha value is -1.14. The summed E-state index contributed by atoms with van der Waals surface area (Å²) in [7, 11) is 0. The van der Waals surface area contributed by atoms with E-state index in [1.54, 1.807) is 0 Å². The normalized spacial score (nSPS) is 36.3. The lowest BCUT2D eigenvalue weighted by Crippen LogP contribution is -2.53. The Labute approximate surface area is 119 Å². The monoisotopic (exact) mass is 284 g/mol. The SMILES string of the molecule is CC1CCC(C)N1C(C)C(=O)N1CC(O)C[C@H]1C(=O)O. The summed E-state index contributed by atoms with van der Waals surface area (Å²) in [5.41, 5.74) is 0. The van der Waals surface area contributed by atoms with Crippen molar-refractivity contribution in [3.8, 4) is 0 Å². The highest BCUT2D eigenvalue weighted by Gasteiger charge is 2.43. The number of β-amino-alcohol motifs (C(OH)–C–C–N with tert-alkyl or cyclic N) is 1. The summed E-state index contributed by atoms with van der Waals surface area (Å²) in [5.74, 6) is -1.22. The molecule has 2 saturated heterocycles. The highest BCUT2D eigenvalue weighted by atomic mass is 16.4. The number of carbonyl (C=O) groups excluding carboxylic acids is 1. The van der Waals surface area contributed by atoms with Crippen LogP contribution in [0, 0.1) is 0 Å². The van der Waals surface area contributed by atoms with Crippen LogP contribution in [0.1, 0.15) is 40.0 Å². The molecule has 2 N–H and O–H groups in total. The van der Waals surface area contributed by atoms with Crippen LogP contribution in [0.25, 0.3) is 0 Å². The van der Waals surface area contributed by atoms with Gasteiger partial charge in [-0.05, 0) is 33.6 Å². The van der Waals surface area contributed by atoms with Crippen LogP contribution < -0.4 is 0 Å². The van der Waals surface area contributed by atoms with Gasteiger partial charge in [-0.1, -0.05) is 0 Å². The van der Waals surface area contributed by atoms with Crippen molar-refractivity contribution in [2.75, 3.05) is 6.54 Å².